The average molecular weight is 513 g/mol. The molecule has 0 radical (unpaired) electrons. The largest absolute Gasteiger partial charge is 0.493 e. The normalized spacial score (nSPS) is 14.1. The van der Waals surface area contributed by atoms with Crippen molar-refractivity contribution in [1.29, 1.82) is 0 Å². The summed E-state index contributed by atoms with van der Waals surface area (Å²) in [5, 5.41) is 11.8. The van der Waals surface area contributed by atoms with Crippen LogP contribution in [-0.4, -0.2) is 91.0 Å². The third kappa shape index (κ3) is 7.71. The fraction of sp³-hybridized carbons (Fsp3) is 0.556. The van der Waals surface area contributed by atoms with Crippen molar-refractivity contribution >= 4 is 17.8 Å². The lowest BCUT2D eigenvalue weighted by Crippen LogP contribution is -2.52. The molecule has 0 spiro atoms. The molecule has 1 N–H and O–H groups in total. The van der Waals surface area contributed by atoms with Gasteiger partial charge in [0.1, 0.15) is 6.54 Å². The molecule has 3 rings (SSSR count). The van der Waals surface area contributed by atoms with Crippen LogP contribution in [0.5, 0.6) is 11.5 Å². The van der Waals surface area contributed by atoms with Gasteiger partial charge in [0.05, 0.1) is 19.9 Å². The molecule has 0 atom stereocenters. The first-order chi connectivity index (χ1) is 17.6. The summed E-state index contributed by atoms with van der Waals surface area (Å²) < 4.78 is 10.7. The van der Waals surface area contributed by atoms with E-state index in [1.54, 1.807) is 19.1 Å². The maximum absolute atomic E-state index is 13.1. The van der Waals surface area contributed by atoms with Crippen molar-refractivity contribution in [2.45, 2.75) is 46.1 Å². The molecule has 10 nitrogen and oxygen atoms in total. The number of aromatic nitrogens is 2. The van der Waals surface area contributed by atoms with Crippen molar-refractivity contribution in [2.75, 3.05) is 58.4 Å². The van der Waals surface area contributed by atoms with Crippen LogP contribution in [0, 0.1) is 0 Å². The molecule has 2 aromatic rings. The standard InChI is InChI=1S/C27H40N6O4/c1-7-13-33(26(35)28-27(2,3)4)19-25(34)32-15-8-14-31(16-17-32)24-12-10-21(29-30-24)20-9-11-22(36-5)23(18-20)37-6/h9-12,18H,7-8,13-17,19H2,1-6H3,(H,28,35). The molecular weight excluding hydrogens is 472 g/mol. The van der Waals surface area contributed by atoms with Crippen LogP contribution in [0.25, 0.3) is 11.3 Å². The van der Waals surface area contributed by atoms with Crippen molar-refractivity contribution in [2.24, 2.45) is 0 Å². The smallest absolute Gasteiger partial charge is 0.318 e. The Hall–Kier alpha value is -3.56. The van der Waals surface area contributed by atoms with Crippen molar-refractivity contribution in [3.63, 3.8) is 0 Å². The van der Waals surface area contributed by atoms with E-state index in [-0.39, 0.29) is 24.0 Å². The molecule has 1 fully saturated rings. The van der Waals surface area contributed by atoms with Gasteiger partial charge in [-0.25, -0.2) is 4.79 Å². The minimum Gasteiger partial charge on any atom is -0.493 e. The number of methoxy groups -OCH3 is 2. The number of hydrogen-bond acceptors (Lipinski definition) is 7. The number of benzene rings is 1. The molecule has 10 heteroatoms. The zero-order valence-corrected chi connectivity index (χ0v) is 22.9. The highest BCUT2D eigenvalue weighted by molar-refractivity contribution is 5.84. The van der Waals surface area contributed by atoms with Crippen molar-refractivity contribution in [3.05, 3.63) is 30.3 Å². The Bertz CT molecular complexity index is 1050. The summed E-state index contributed by atoms with van der Waals surface area (Å²) in [5.41, 5.74) is 1.27. The van der Waals surface area contributed by atoms with Gasteiger partial charge in [-0.1, -0.05) is 6.92 Å². The predicted octanol–water partition coefficient (Wildman–Crippen LogP) is 3.42. The molecule has 37 heavy (non-hydrogen) atoms. The highest BCUT2D eigenvalue weighted by Gasteiger charge is 2.25. The molecule has 1 aliphatic rings. The van der Waals surface area contributed by atoms with Crippen molar-refractivity contribution in [1.82, 2.24) is 25.3 Å². The molecule has 0 bridgehead atoms. The topological polar surface area (TPSA) is 100 Å². The van der Waals surface area contributed by atoms with Gasteiger partial charge in [0.25, 0.3) is 0 Å². The zero-order chi connectivity index (χ0) is 27.0. The van der Waals surface area contributed by atoms with Gasteiger partial charge in [0.2, 0.25) is 5.91 Å². The Morgan fingerprint density at radius 2 is 1.76 bits per heavy atom. The number of carbonyl (C=O) groups excluding carboxylic acids is 2. The van der Waals surface area contributed by atoms with Crippen molar-refractivity contribution < 1.29 is 19.1 Å². The first kappa shape index (κ1) is 28.0. The SMILES string of the molecule is CCCN(CC(=O)N1CCCN(c2ccc(-c3ccc(OC)c(OC)c3)nn2)CC1)C(=O)NC(C)(C)C. The summed E-state index contributed by atoms with van der Waals surface area (Å²) in [4.78, 5) is 31.4. The Labute approximate surface area is 219 Å². The van der Waals surface area contributed by atoms with Gasteiger partial charge in [0.15, 0.2) is 17.3 Å². The minimum atomic E-state index is -0.356. The number of nitrogens with one attached hydrogen (secondary N) is 1. The summed E-state index contributed by atoms with van der Waals surface area (Å²) >= 11 is 0. The van der Waals surface area contributed by atoms with Crippen LogP contribution in [0.2, 0.25) is 0 Å². The molecule has 1 saturated heterocycles. The Kier molecular flexibility index (Phi) is 9.54. The second-order valence-electron chi connectivity index (χ2n) is 10.2. The first-order valence-electron chi connectivity index (χ1n) is 12.8. The van der Waals surface area contributed by atoms with Crippen LogP contribution >= 0.6 is 0 Å². The fourth-order valence-corrected chi connectivity index (χ4v) is 4.22. The van der Waals surface area contributed by atoms with Crippen LogP contribution in [-0.2, 0) is 4.79 Å². The quantitative estimate of drug-likeness (QED) is 0.578. The first-order valence-corrected chi connectivity index (χ1v) is 12.8. The van der Waals surface area contributed by atoms with E-state index < -0.39 is 0 Å². The molecule has 1 aliphatic heterocycles. The number of carbonyl (C=O) groups is 2. The summed E-state index contributed by atoms with van der Waals surface area (Å²) in [5.74, 6) is 2.04. The van der Waals surface area contributed by atoms with Gasteiger partial charge in [-0.05, 0) is 63.9 Å². The van der Waals surface area contributed by atoms with Gasteiger partial charge >= 0.3 is 6.03 Å². The van der Waals surface area contributed by atoms with Gasteiger partial charge < -0.3 is 29.5 Å². The van der Waals surface area contributed by atoms with Gasteiger partial charge in [-0.3, -0.25) is 4.79 Å². The summed E-state index contributed by atoms with van der Waals surface area (Å²) in [6, 6.07) is 9.33. The number of hydrogen-bond donors (Lipinski definition) is 1. The minimum absolute atomic E-state index is 0.0331. The maximum Gasteiger partial charge on any atom is 0.318 e. The highest BCUT2D eigenvalue weighted by Crippen LogP contribution is 2.31. The molecule has 1 aromatic heterocycles. The summed E-state index contributed by atoms with van der Waals surface area (Å²) in [6.45, 7) is 11.1. The number of urea groups is 1. The maximum atomic E-state index is 13.1. The Morgan fingerprint density at radius 1 is 1.00 bits per heavy atom. The lowest BCUT2D eigenvalue weighted by atomic mass is 10.1. The molecule has 0 aliphatic carbocycles. The molecular formula is C27H40N6O4. The summed E-state index contributed by atoms with van der Waals surface area (Å²) in [6.07, 6.45) is 1.60. The fourth-order valence-electron chi connectivity index (χ4n) is 4.22. The van der Waals surface area contributed by atoms with Crippen LogP contribution in [0.3, 0.4) is 0 Å². The predicted molar refractivity (Wildman–Crippen MR) is 144 cm³/mol. The van der Waals surface area contributed by atoms with E-state index in [1.165, 1.54) is 0 Å². The van der Waals surface area contributed by atoms with Crippen LogP contribution in [0.4, 0.5) is 10.6 Å². The number of nitrogens with zero attached hydrogens (tertiary/aromatic N) is 5. The third-order valence-corrected chi connectivity index (χ3v) is 6.09. The van der Waals surface area contributed by atoms with Gasteiger partial charge in [-0.2, -0.15) is 0 Å². The second kappa shape index (κ2) is 12.6. The van der Waals surface area contributed by atoms with E-state index in [0.717, 1.165) is 36.5 Å². The van der Waals surface area contributed by atoms with E-state index >= 15 is 0 Å². The van der Waals surface area contributed by atoms with E-state index in [0.29, 0.717) is 37.7 Å². The molecule has 0 unspecified atom stereocenters. The van der Waals surface area contributed by atoms with E-state index in [9.17, 15) is 9.59 Å². The van der Waals surface area contributed by atoms with Crippen molar-refractivity contribution in [3.8, 4) is 22.8 Å². The van der Waals surface area contributed by atoms with E-state index in [2.05, 4.69) is 20.4 Å². The highest BCUT2D eigenvalue weighted by atomic mass is 16.5. The summed E-state index contributed by atoms with van der Waals surface area (Å²) in [7, 11) is 3.21. The lowest BCUT2D eigenvalue weighted by molar-refractivity contribution is -0.131. The zero-order valence-electron chi connectivity index (χ0n) is 22.9. The van der Waals surface area contributed by atoms with Gasteiger partial charge in [0, 0.05) is 43.8 Å². The molecule has 2 heterocycles. The van der Waals surface area contributed by atoms with Crippen LogP contribution in [0.1, 0.15) is 40.5 Å². The van der Waals surface area contributed by atoms with Gasteiger partial charge in [-0.15, -0.1) is 10.2 Å². The van der Waals surface area contributed by atoms with E-state index in [4.69, 9.17) is 9.47 Å². The van der Waals surface area contributed by atoms with E-state index in [1.807, 2.05) is 62.9 Å². The number of amides is 3. The number of rotatable bonds is 8. The monoisotopic (exact) mass is 512 g/mol. The lowest BCUT2D eigenvalue weighted by Gasteiger charge is -2.30. The molecule has 0 saturated carbocycles. The third-order valence-electron chi connectivity index (χ3n) is 6.09. The molecule has 1 aromatic carbocycles. The average Bonchev–Trinajstić information content (AvgIpc) is 3.13. The molecule has 202 valence electrons. The number of ether oxygens (including phenoxy) is 2. The Balaban J connectivity index is 1.62. The van der Waals surface area contributed by atoms with Crippen LogP contribution < -0.4 is 19.7 Å². The second-order valence-corrected chi connectivity index (χ2v) is 10.2. The van der Waals surface area contributed by atoms with Crippen LogP contribution in [0.15, 0.2) is 30.3 Å². The molecule has 3 amide bonds. The Morgan fingerprint density at radius 3 is 2.38 bits per heavy atom. The number of anilines is 1.